The first kappa shape index (κ1) is 16.2. The molecule has 25 heavy (non-hydrogen) atoms. The number of imidazole rings is 1. The van der Waals surface area contributed by atoms with Gasteiger partial charge in [0.05, 0.1) is 16.1 Å². The van der Waals surface area contributed by atoms with Crippen LogP contribution in [0.25, 0.3) is 22.4 Å². The van der Waals surface area contributed by atoms with E-state index in [1.54, 1.807) is 6.07 Å². The standard InChI is InChI=1S/C20H20ClN3O/c21-16-11-10-14(22-20(25)13-6-2-1-3-7-13)12-15(16)19-23-17-8-4-5-9-18(17)24-19/h4-5,8-13H,1-3,6-7H2,(H,22,25)(H,23,24). The van der Waals surface area contributed by atoms with Gasteiger partial charge < -0.3 is 10.3 Å². The number of para-hydroxylation sites is 2. The molecule has 0 radical (unpaired) electrons. The molecule has 3 aromatic rings. The summed E-state index contributed by atoms with van der Waals surface area (Å²) >= 11 is 6.37. The maximum absolute atomic E-state index is 12.5. The summed E-state index contributed by atoms with van der Waals surface area (Å²) in [5.74, 6) is 0.941. The molecule has 0 aliphatic heterocycles. The molecular weight excluding hydrogens is 334 g/mol. The van der Waals surface area contributed by atoms with Gasteiger partial charge >= 0.3 is 0 Å². The number of anilines is 1. The Balaban J connectivity index is 1.60. The Hall–Kier alpha value is -2.33. The molecule has 1 heterocycles. The van der Waals surface area contributed by atoms with Crippen molar-refractivity contribution in [3.8, 4) is 11.4 Å². The fourth-order valence-corrected chi connectivity index (χ4v) is 3.68. The van der Waals surface area contributed by atoms with Crippen molar-refractivity contribution < 1.29 is 4.79 Å². The van der Waals surface area contributed by atoms with Crippen LogP contribution in [0.4, 0.5) is 5.69 Å². The fraction of sp³-hybridized carbons (Fsp3) is 0.300. The number of H-pyrrole nitrogens is 1. The average Bonchev–Trinajstić information content (AvgIpc) is 3.08. The maximum Gasteiger partial charge on any atom is 0.227 e. The van der Waals surface area contributed by atoms with Crippen LogP contribution in [0.1, 0.15) is 32.1 Å². The first-order valence-electron chi connectivity index (χ1n) is 8.76. The van der Waals surface area contributed by atoms with E-state index >= 15 is 0 Å². The number of carbonyl (C=O) groups is 1. The summed E-state index contributed by atoms with van der Waals surface area (Å²) in [6.45, 7) is 0. The van der Waals surface area contributed by atoms with Crippen molar-refractivity contribution in [2.75, 3.05) is 5.32 Å². The summed E-state index contributed by atoms with van der Waals surface area (Å²) in [7, 11) is 0. The van der Waals surface area contributed by atoms with Crippen molar-refractivity contribution in [1.82, 2.24) is 9.97 Å². The number of hydrogen-bond donors (Lipinski definition) is 2. The Labute approximate surface area is 151 Å². The van der Waals surface area contributed by atoms with E-state index in [0.717, 1.165) is 48.0 Å². The number of hydrogen-bond acceptors (Lipinski definition) is 2. The molecular formula is C20H20ClN3O. The van der Waals surface area contributed by atoms with Gasteiger partial charge in [0.15, 0.2) is 0 Å². The molecule has 0 saturated heterocycles. The summed E-state index contributed by atoms with van der Waals surface area (Å²) in [4.78, 5) is 20.4. The molecule has 4 nitrogen and oxygen atoms in total. The number of carbonyl (C=O) groups excluding carboxylic acids is 1. The predicted octanol–water partition coefficient (Wildman–Crippen LogP) is 5.40. The molecule has 0 bridgehead atoms. The quantitative estimate of drug-likeness (QED) is 0.662. The number of amides is 1. The largest absolute Gasteiger partial charge is 0.338 e. The van der Waals surface area contributed by atoms with E-state index in [1.807, 2.05) is 36.4 Å². The van der Waals surface area contributed by atoms with Crippen molar-refractivity contribution in [3.63, 3.8) is 0 Å². The van der Waals surface area contributed by atoms with E-state index in [9.17, 15) is 4.79 Å². The first-order valence-corrected chi connectivity index (χ1v) is 9.14. The Morgan fingerprint density at radius 3 is 2.72 bits per heavy atom. The van der Waals surface area contributed by atoms with E-state index in [4.69, 9.17) is 11.6 Å². The zero-order valence-corrected chi connectivity index (χ0v) is 14.6. The van der Waals surface area contributed by atoms with Crippen molar-refractivity contribution in [3.05, 3.63) is 47.5 Å². The lowest BCUT2D eigenvalue weighted by Gasteiger charge is -2.20. The number of nitrogens with one attached hydrogen (secondary N) is 2. The van der Waals surface area contributed by atoms with Crippen molar-refractivity contribution in [2.45, 2.75) is 32.1 Å². The second-order valence-electron chi connectivity index (χ2n) is 6.62. The monoisotopic (exact) mass is 353 g/mol. The van der Waals surface area contributed by atoms with E-state index in [2.05, 4.69) is 15.3 Å². The zero-order valence-electron chi connectivity index (χ0n) is 13.9. The van der Waals surface area contributed by atoms with Gasteiger partial charge in [-0.2, -0.15) is 0 Å². The smallest absolute Gasteiger partial charge is 0.227 e. The lowest BCUT2D eigenvalue weighted by Crippen LogP contribution is -2.24. The van der Waals surface area contributed by atoms with Gasteiger partial charge in [-0.1, -0.05) is 43.0 Å². The van der Waals surface area contributed by atoms with E-state index in [-0.39, 0.29) is 11.8 Å². The van der Waals surface area contributed by atoms with Gasteiger partial charge in [0, 0.05) is 17.2 Å². The van der Waals surface area contributed by atoms with Gasteiger partial charge in [0.2, 0.25) is 5.91 Å². The van der Waals surface area contributed by atoms with Gasteiger partial charge in [-0.25, -0.2) is 4.98 Å². The third kappa shape index (κ3) is 3.40. The van der Waals surface area contributed by atoms with Crippen LogP contribution in [0.5, 0.6) is 0 Å². The zero-order chi connectivity index (χ0) is 17.2. The number of fused-ring (bicyclic) bond motifs is 1. The molecule has 1 aliphatic rings. The third-order valence-corrected chi connectivity index (χ3v) is 5.18. The van der Waals surface area contributed by atoms with Gasteiger partial charge in [-0.05, 0) is 43.2 Å². The number of benzene rings is 2. The molecule has 1 amide bonds. The molecule has 1 fully saturated rings. The summed E-state index contributed by atoms with van der Waals surface area (Å²) in [5, 5.41) is 3.65. The van der Waals surface area contributed by atoms with Crippen LogP contribution in [0, 0.1) is 5.92 Å². The van der Waals surface area contributed by atoms with E-state index in [1.165, 1.54) is 6.42 Å². The Bertz CT molecular complexity index is 879. The van der Waals surface area contributed by atoms with Crippen LogP contribution < -0.4 is 5.32 Å². The Morgan fingerprint density at radius 2 is 1.92 bits per heavy atom. The second kappa shape index (κ2) is 6.89. The minimum atomic E-state index is 0.109. The van der Waals surface area contributed by atoms with E-state index in [0.29, 0.717) is 10.8 Å². The van der Waals surface area contributed by atoms with Crippen LogP contribution in [-0.2, 0) is 4.79 Å². The van der Waals surface area contributed by atoms with E-state index < -0.39 is 0 Å². The summed E-state index contributed by atoms with van der Waals surface area (Å²) < 4.78 is 0. The molecule has 1 saturated carbocycles. The lowest BCUT2D eigenvalue weighted by molar-refractivity contribution is -0.120. The number of aromatic amines is 1. The molecule has 0 atom stereocenters. The molecule has 4 rings (SSSR count). The normalized spacial score (nSPS) is 15.4. The van der Waals surface area contributed by atoms with Crippen molar-refractivity contribution in [1.29, 1.82) is 0 Å². The average molecular weight is 354 g/mol. The second-order valence-corrected chi connectivity index (χ2v) is 7.03. The maximum atomic E-state index is 12.5. The molecule has 0 unspecified atom stereocenters. The Kier molecular flexibility index (Phi) is 4.45. The molecule has 2 N–H and O–H groups in total. The van der Waals surface area contributed by atoms with Gasteiger partial charge in [0.1, 0.15) is 5.82 Å². The number of halogens is 1. The van der Waals surface area contributed by atoms with Crippen LogP contribution in [0.2, 0.25) is 5.02 Å². The van der Waals surface area contributed by atoms with Gasteiger partial charge in [-0.15, -0.1) is 0 Å². The summed E-state index contributed by atoms with van der Waals surface area (Å²) in [6.07, 6.45) is 5.48. The number of rotatable bonds is 3. The van der Waals surface area contributed by atoms with Crippen LogP contribution in [0.3, 0.4) is 0 Å². The Morgan fingerprint density at radius 1 is 1.12 bits per heavy atom. The molecule has 1 aromatic heterocycles. The number of aromatic nitrogens is 2. The molecule has 0 spiro atoms. The highest BCUT2D eigenvalue weighted by Crippen LogP contribution is 2.31. The van der Waals surface area contributed by atoms with Crippen LogP contribution in [-0.4, -0.2) is 15.9 Å². The highest BCUT2D eigenvalue weighted by molar-refractivity contribution is 6.33. The van der Waals surface area contributed by atoms with Gasteiger partial charge in [0.25, 0.3) is 0 Å². The molecule has 1 aliphatic carbocycles. The summed E-state index contributed by atoms with van der Waals surface area (Å²) in [6, 6.07) is 13.4. The highest BCUT2D eigenvalue weighted by Gasteiger charge is 2.21. The minimum Gasteiger partial charge on any atom is -0.338 e. The van der Waals surface area contributed by atoms with Crippen molar-refractivity contribution in [2.24, 2.45) is 5.92 Å². The van der Waals surface area contributed by atoms with Crippen molar-refractivity contribution >= 4 is 34.2 Å². The molecule has 128 valence electrons. The van der Waals surface area contributed by atoms with Gasteiger partial charge in [-0.3, -0.25) is 4.79 Å². The third-order valence-electron chi connectivity index (χ3n) is 4.85. The number of nitrogens with zero attached hydrogens (tertiary/aromatic N) is 1. The first-order chi connectivity index (χ1) is 12.2. The SMILES string of the molecule is O=C(Nc1ccc(Cl)c(-c2nc3ccccc3[nH]2)c1)C1CCCCC1. The fourth-order valence-electron chi connectivity index (χ4n) is 3.47. The molecule has 5 heteroatoms. The van der Waals surface area contributed by atoms with Crippen LogP contribution >= 0.6 is 11.6 Å². The predicted molar refractivity (Wildman–Crippen MR) is 102 cm³/mol. The highest BCUT2D eigenvalue weighted by atomic mass is 35.5. The minimum absolute atomic E-state index is 0.109. The molecule has 2 aromatic carbocycles. The van der Waals surface area contributed by atoms with Crippen LogP contribution in [0.15, 0.2) is 42.5 Å². The summed E-state index contributed by atoms with van der Waals surface area (Å²) in [5.41, 5.74) is 3.41. The lowest BCUT2D eigenvalue weighted by atomic mass is 9.88. The topological polar surface area (TPSA) is 57.8 Å².